The normalized spacial score (nSPS) is 17.3. The average molecular weight is 382 g/mol. The second-order valence-corrected chi connectivity index (χ2v) is 7.14. The number of thiazole rings is 1. The number of ether oxygens (including phenoxy) is 1. The number of nitrogens with one attached hydrogen (secondary N) is 1. The number of halogens is 1. The van der Waals surface area contributed by atoms with Crippen LogP contribution in [0.3, 0.4) is 0 Å². The lowest BCUT2D eigenvalue weighted by Gasteiger charge is -2.33. The van der Waals surface area contributed by atoms with Gasteiger partial charge in [0, 0.05) is 36.6 Å². The van der Waals surface area contributed by atoms with Crippen LogP contribution in [0, 0.1) is 0 Å². The van der Waals surface area contributed by atoms with Crippen LogP contribution in [0.25, 0.3) is 10.6 Å². The number of amides is 1. The highest BCUT2D eigenvalue weighted by Gasteiger charge is 2.25. The van der Waals surface area contributed by atoms with Crippen molar-refractivity contribution in [3.63, 3.8) is 0 Å². The van der Waals surface area contributed by atoms with Gasteiger partial charge in [0.15, 0.2) is 0 Å². The lowest BCUT2D eigenvalue weighted by molar-refractivity contribution is 0.0650. The number of aromatic nitrogens is 1. The van der Waals surface area contributed by atoms with Gasteiger partial charge in [-0.3, -0.25) is 4.79 Å². The van der Waals surface area contributed by atoms with Crippen LogP contribution in [-0.4, -0.2) is 47.6 Å². The molecule has 2 aromatic rings. The summed E-state index contributed by atoms with van der Waals surface area (Å²) >= 11 is 1.50. The van der Waals surface area contributed by atoms with Gasteiger partial charge in [0.2, 0.25) is 0 Å². The maximum absolute atomic E-state index is 12.7. The summed E-state index contributed by atoms with van der Waals surface area (Å²) in [6, 6.07) is 8.05. The minimum atomic E-state index is 0. The molecule has 1 aliphatic rings. The summed E-state index contributed by atoms with van der Waals surface area (Å²) in [6.07, 6.45) is 0.154. The number of nitrogens with zero attached hydrogens (tertiary/aromatic N) is 2. The van der Waals surface area contributed by atoms with E-state index in [1.54, 1.807) is 0 Å². The molecular formula is C18H24ClN3O2S. The molecule has 1 amide bonds. The maximum Gasteiger partial charge on any atom is 0.273 e. The van der Waals surface area contributed by atoms with E-state index in [1.165, 1.54) is 11.3 Å². The molecule has 0 radical (unpaired) electrons. The van der Waals surface area contributed by atoms with E-state index in [2.05, 4.69) is 17.2 Å². The molecule has 5 nitrogen and oxygen atoms in total. The Hall–Kier alpha value is -1.63. The first-order chi connectivity index (χ1) is 11.5. The highest BCUT2D eigenvalue weighted by molar-refractivity contribution is 7.13. The Bertz CT molecular complexity index is 703. The first-order valence-corrected chi connectivity index (χ1v) is 9.17. The summed E-state index contributed by atoms with van der Waals surface area (Å²) in [5.74, 6) is 0.863. The summed E-state index contributed by atoms with van der Waals surface area (Å²) in [7, 11) is 0. The van der Waals surface area contributed by atoms with E-state index >= 15 is 0 Å². The number of hydrogen-bond donors (Lipinski definition) is 1. The smallest absolute Gasteiger partial charge is 0.273 e. The molecule has 2 heterocycles. The van der Waals surface area contributed by atoms with Crippen molar-refractivity contribution in [1.29, 1.82) is 0 Å². The molecule has 0 spiro atoms. The maximum atomic E-state index is 12.7. The van der Waals surface area contributed by atoms with Gasteiger partial charge < -0.3 is 15.0 Å². The van der Waals surface area contributed by atoms with Gasteiger partial charge in [-0.05, 0) is 45.0 Å². The first kappa shape index (κ1) is 19.7. The van der Waals surface area contributed by atoms with Gasteiger partial charge in [-0.25, -0.2) is 4.98 Å². The topological polar surface area (TPSA) is 54.5 Å². The van der Waals surface area contributed by atoms with Gasteiger partial charge >= 0.3 is 0 Å². The van der Waals surface area contributed by atoms with Crippen molar-refractivity contribution in [2.24, 2.45) is 0 Å². The highest BCUT2D eigenvalue weighted by Crippen LogP contribution is 2.27. The predicted molar refractivity (Wildman–Crippen MR) is 104 cm³/mol. The van der Waals surface area contributed by atoms with Crippen LogP contribution in [0.2, 0.25) is 0 Å². The summed E-state index contributed by atoms with van der Waals surface area (Å²) < 4.78 is 5.66. The van der Waals surface area contributed by atoms with Crippen molar-refractivity contribution < 1.29 is 9.53 Å². The molecule has 3 rings (SSSR count). The van der Waals surface area contributed by atoms with Gasteiger partial charge in [0.1, 0.15) is 16.5 Å². The number of carbonyl (C=O) groups excluding carboxylic acids is 1. The molecule has 0 unspecified atom stereocenters. The third-order valence-corrected chi connectivity index (χ3v) is 4.85. The van der Waals surface area contributed by atoms with Crippen LogP contribution in [-0.2, 0) is 0 Å². The van der Waals surface area contributed by atoms with E-state index in [1.807, 2.05) is 48.4 Å². The molecule has 1 aromatic heterocycles. The molecule has 1 saturated heterocycles. The van der Waals surface area contributed by atoms with E-state index in [0.717, 1.165) is 36.0 Å². The standard InChI is InChI=1S/C18H23N3O2S.ClH/c1-12(2)23-15-6-4-14(5-7-15)17-20-16(11-24-17)18(22)21-9-8-19-10-13(21)3;/h4-7,11-13,19H,8-10H2,1-3H3;1H/t13-;/m0./s1. The zero-order valence-corrected chi connectivity index (χ0v) is 16.3. The SMILES string of the molecule is CC(C)Oc1ccc(-c2nc(C(=O)N3CCNC[C@@H]3C)cs2)cc1.Cl. The molecule has 1 aliphatic heterocycles. The number of piperazine rings is 1. The minimum Gasteiger partial charge on any atom is -0.491 e. The summed E-state index contributed by atoms with van der Waals surface area (Å²) in [5, 5.41) is 6.01. The van der Waals surface area contributed by atoms with Gasteiger partial charge in [0.25, 0.3) is 5.91 Å². The monoisotopic (exact) mass is 381 g/mol. The Morgan fingerprint density at radius 1 is 1.36 bits per heavy atom. The molecule has 0 aliphatic carbocycles. The van der Waals surface area contributed by atoms with Crippen molar-refractivity contribution in [2.45, 2.75) is 32.9 Å². The van der Waals surface area contributed by atoms with Gasteiger partial charge in [-0.1, -0.05) is 0 Å². The van der Waals surface area contributed by atoms with Crippen LogP contribution < -0.4 is 10.1 Å². The fraction of sp³-hybridized carbons (Fsp3) is 0.444. The van der Waals surface area contributed by atoms with E-state index in [0.29, 0.717) is 5.69 Å². The van der Waals surface area contributed by atoms with Crippen molar-refractivity contribution in [3.05, 3.63) is 35.3 Å². The first-order valence-electron chi connectivity index (χ1n) is 8.29. The lowest BCUT2D eigenvalue weighted by Crippen LogP contribution is -2.52. The van der Waals surface area contributed by atoms with Gasteiger partial charge in [-0.2, -0.15) is 0 Å². The number of carbonyl (C=O) groups is 1. The Kier molecular flexibility index (Phi) is 6.81. The molecule has 1 atom stereocenters. The van der Waals surface area contributed by atoms with Crippen LogP contribution in [0.15, 0.2) is 29.6 Å². The van der Waals surface area contributed by atoms with Gasteiger partial charge in [0.05, 0.1) is 6.10 Å². The molecule has 136 valence electrons. The van der Waals surface area contributed by atoms with Crippen LogP contribution in [0.1, 0.15) is 31.3 Å². The highest BCUT2D eigenvalue weighted by atomic mass is 35.5. The van der Waals surface area contributed by atoms with Crippen molar-refractivity contribution in [3.8, 4) is 16.3 Å². The zero-order chi connectivity index (χ0) is 17.1. The van der Waals surface area contributed by atoms with Crippen molar-refractivity contribution >= 4 is 29.7 Å². The third kappa shape index (κ3) is 4.71. The number of hydrogen-bond acceptors (Lipinski definition) is 5. The van der Waals surface area contributed by atoms with E-state index in [4.69, 9.17) is 4.74 Å². The van der Waals surface area contributed by atoms with E-state index in [9.17, 15) is 4.79 Å². The molecular weight excluding hydrogens is 358 g/mol. The summed E-state index contributed by atoms with van der Waals surface area (Å²) in [5.41, 5.74) is 1.54. The predicted octanol–water partition coefficient (Wildman–Crippen LogP) is 3.45. The average Bonchev–Trinajstić information content (AvgIpc) is 3.05. The number of rotatable bonds is 4. The second-order valence-electron chi connectivity index (χ2n) is 6.28. The largest absolute Gasteiger partial charge is 0.491 e. The summed E-state index contributed by atoms with van der Waals surface area (Å²) in [4.78, 5) is 19.1. The zero-order valence-electron chi connectivity index (χ0n) is 14.7. The minimum absolute atomic E-state index is 0. The molecule has 1 fully saturated rings. The molecule has 25 heavy (non-hydrogen) atoms. The van der Waals surface area contributed by atoms with Gasteiger partial charge in [-0.15, -0.1) is 23.7 Å². The number of benzene rings is 1. The van der Waals surface area contributed by atoms with E-state index < -0.39 is 0 Å². The molecule has 0 saturated carbocycles. The lowest BCUT2D eigenvalue weighted by atomic mass is 10.2. The van der Waals surface area contributed by atoms with E-state index in [-0.39, 0.29) is 30.5 Å². The van der Waals surface area contributed by atoms with Crippen molar-refractivity contribution in [1.82, 2.24) is 15.2 Å². The Morgan fingerprint density at radius 2 is 2.08 bits per heavy atom. The third-order valence-electron chi connectivity index (χ3n) is 3.96. The Morgan fingerprint density at radius 3 is 2.72 bits per heavy atom. The second kappa shape index (κ2) is 8.65. The Labute approximate surface area is 158 Å². The van der Waals surface area contributed by atoms with Crippen LogP contribution >= 0.6 is 23.7 Å². The van der Waals surface area contributed by atoms with Crippen LogP contribution in [0.4, 0.5) is 0 Å². The Balaban J connectivity index is 0.00000225. The quantitative estimate of drug-likeness (QED) is 0.881. The summed E-state index contributed by atoms with van der Waals surface area (Å²) in [6.45, 7) is 8.47. The van der Waals surface area contributed by atoms with Crippen molar-refractivity contribution in [2.75, 3.05) is 19.6 Å². The molecule has 1 aromatic carbocycles. The molecule has 1 N–H and O–H groups in total. The fourth-order valence-electron chi connectivity index (χ4n) is 2.74. The molecule has 0 bridgehead atoms. The van der Waals surface area contributed by atoms with Crippen LogP contribution in [0.5, 0.6) is 5.75 Å². The fourth-order valence-corrected chi connectivity index (χ4v) is 3.54. The molecule has 7 heteroatoms.